The van der Waals surface area contributed by atoms with Crippen molar-refractivity contribution in [2.75, 3.05) is 11.5 Å². The molecule has 0 bridgehead atoms. The van der Waals surface area contributed by atoms with Crippen molar-refractivity contribution >= 4 is 75.0 Å². The number of nitrogens with one attached hydrogen (secondary N) is 8. The highest BCUT2D eigenvalue weighted by Crippen LogP contribution is 2.22. The summed E-state index contributed by atoms with van der Waals surface area (Å²) in [5, 5.41) is 28.5. The van der Waals surface area contributed by atoms with Gasteiger partial charge in [0.2, 0.25) is 35.4 Å². The molecule has 5 rings (SSSR count). The minimum atomic E-state index is -1.42. The maximum absolute atomic E-state index is 14.7. The second-order valence-electron chi connectivity index (χ2n) is 16.7. The zero-order valence-electron chi connectivity index (χ0n) is 36.1. The van der Waals surface area contributed by atoms with Gasteiger partial charge in [-0.3, -0.25) is 28.8 Å². The van der Waals surface area contributed by atoms with E-state index in [1.54, 1.807) is 26.2 Å². The van der Waals surface area contributed by atoms with Gasteiger partial charge in [0, 0.05) is 52.8 Å². The molecular formula is C45H60N8O8S. The fourth-order valence-electron chi connectivity index (χ4n) is 7.55. The zero-order valence-corrected chi connectivity index (χ0v) is 36.9. The topological polar surface area (TPSA) is 243 Å². The van der Waals surface area contributed by atoms with Gasteiger partial charge in [-0.05, 0) is 47.4 Å². The van der Waals surface area contributed by atoms with Crippen molar-refractivity contribution in [2.24, 2.45) is 17.8 Å². The van der Waals surface area contributed by atoms with Gasteiger partial charge in [0.1, 0.15) is 36.3 Å². The molecule has 0 spiro atoms. The van der Waals surface area contributed by atoms with E-state index in [4.69, 9.17) is 0 Å². The van der Waals surface area contributed by atoms with Crippen molar-refractivity contribution in [3.8, 4) is 0 Å². The number of rotatable bonds is 11. The van der Waals surface area contributed by atoms with Gasteiger partial charge in [0.05, 0.1) is 5.75 Å². The van der Waals surface area contributed by atoms with Gasteiger partial charge in [0.15, 0.2) is 0 Å². The van der Waals surface area contributed by atoms with E-state index in [-0.39, 0.29) is 42.6 Å². The first-order valence-corrected chi connectivity index (χ1v) is 22.5. The molecule has 1 aliphatic heterocycles. The van der Waals surface area contributed by atoms with Crippen LogP contribution in [0.5, 0.6) is 0 Å². The first kappa shape index (κ1) is 47.2. The number of aromatic amines is 2. The summed E-state index contributed by atoms with van der Waals surface area (Å²) in [6, 6.07) is 7.68. The normalized spacial score (nSPS) is 23.9. The van der Waals surface area contributed by atoms with Gasteiger partial charge in [-0.15, -0.1) is 11.8 Å². The highest BCUT2D eigenvalue weighted by molar-refractivity contribution is 8.00. The Morgan fingerprint density at radius 3 is 1.58 bits per heavy atom. The van der Waals surface area contributed by atoms with Gasteiger partial charge in [-0.1, -0.05) is 90.8 Å². The molecule has 9 N–H and O–H groups in total. The largest absolute Gasteiger partial charge is 0.480 e. The van der Waals surface area contributed by atoms with Gasteiger partial charge >= 0.3 is 5.97 Å². The van der Waals surface area contributed by atoms with Crippen molar-refractivity contribution in [3.05, 3.63) is 72.1 Å². The summed E-state index contributed by atoms with van der Waals surface area (Å²) in [6.45, 7) is 11.0. The fourth-order valence-corrected chi connectivity index (χ4v) is 8.40. The van der Waals surface area contributed by atoms with Crippen LogP contribution in [-0.4, -0.2) is 104 Å². The summed E-state index contributed by atoms with van der Waals surface area (Å²) >= 11 is 0.962. The number of benzene rings is 2. The highest BCUT2D eigenvalue weighted by Gasteiger charge is 2.36. The molecular weight excluding hydrogens is 813 g/mol. The van der Waals surface area contributed by atoms with Crippen LogP contribution in [0.15, 0.2) is 60.9 Å². The summed E-state index contributed by atoms with van der Waals surface area (Å²) in [5.41, 5.74) is 3.04. The molecule has 62 heavy (non-hydrogen) atoms. The molecule has 1 fully saturated rings. The van der Waals surface area contributed by atoms with Crippen molar-refractivity contribution in [3.63, 3.8) is 0 Å². The molecule has 2 unspecified atom stereocenters. The van der Waals surface area contributed by atoms with E-state index in [1.165, 1.54) is 0 Å². The Labute approximate surface area is 365 Å². The smallest absolute Gasteiger partial charge is 0.327 e. The van der Waals surface area contributed by atoms with E-state index in [0.29, 0.717) is 24.0 Å². The van der Waals surface area contributed by atoms with E-state index in [9.17, 15) is 38.7 Å². The van der Waals surface area contributed by atoms with E-state index >= 15 is 0 Å². The first-order valence-electron chi connectivity index (χ1n) is 21.3. The van der Waals surface area contributed by atoms with Crippen LogP contribution in [0.25, 0.3) is 21.8 Å². The van der Waals surface area contributed by atoms with Gasteiger partial charge in [-0.2, -0.15) is 0 Å². The lowest BCUT2D eigenvalue weighted by Crippen LogP contribution is -2.61. The van der Waals surface area contributed by atoms with Crippen LogP contribution < -0.4 is 31.9 Å². The second-order valence-corrected chi connectivity index (χ2v) is 17.7. The number of hydrogen-bond donors (Lipinski definition) is 9. The van der Waals surface area contributed by atoms with Crippen molar-refractivity contribution < 1.29 is 38.7 Å². The number of carboxylic acid groups (broad SMARTS) is 1. The number of carboxylic acids is 1. The molecule has 4 aromatic rings. The molecule has 1 aliphatic rings. The third kappa shape index (κ3) is 12.2. The number of amides is 6. The summed E-state index contributed by atoms with van der Waals surface area (Å²) in [5.74, 6) is -6.53. The third-order valence-electron chi connectivity index (χ3n) is 11.5. The maximum Gasteiger partial charge on any atom is 0.327 e. The lowest BCUT2D eigenvalue weighted by Gasteiger charge is -2.30. The molecule has 2 aromatic carbocycles. The van der Waals surface area contributed by atoms with E-state index < -0.39 is 83.6 Å². The summed E-state index contributed by atoms with van der Waals surface area (Å²) in [4.78, 5) is 104. The molecule has 6 amide bonds. The van der Waals surface area contributed by atoms with Crippen LogP contribution in [-0.2, 0) is 46.4 Å². The predicted molar refractivity (Wildman–Crippen MR) is 239 cm³/mol. The number of thioether (sulfide) groups is 1. The minimum absolute atomic E-state index is 0.00234. The zero-order chi connectivity index (χ0) is 45.1. The molecule has 0 saturated carbocycles. The molecule has 8 atom stereocenters. The molecule has 334 valence electrons. The van der Waals surface area contributed by atoms with Crippen LogP contribution in [0, 0.1) is 17.8 Å². The summed E-state index contributed by atoms with van der Waals surface area (Å²) in [6.07, 6.45) is 4.62. The molecule has 1 saturated heterocycles. The van der Waals surface area contributed by atoms with Gasteiger partial charge in [0.25, 0.3) is 0 Å². The lowest BCUT2D eigenvalue weighted by molar-refractivity contribution is -0.141. The van der Waals surface area contributed by atoms with Crippen LogP contribution >= 0.6 is 11.8 Å². The monoisotopic (exact) mass is 872 g/mol. The summed E-state index contributed by atoms with van der Waals surface area (Å²) < 4.78 is 0. The van der Waals surface area contributed by atoms with E-state index in [0.717, 1.165) is 33.6 Å². The van der Waals surface area contributed by atoms with Crippen LogP contribution in [0.4, 0.5) is 0 Å². The summed E-state index contributed by atoms with van der Waals surface area (Å²) in [7, 11) is 0. The Balaban J connectivity index is 1.59. The molecule has 3 heterocycles. The molecule has 2 aromatic heterocycles. The Morgan fingerprint density at radius 2 is 1.08 bits per heavy atom. The number of carbonyl (C=O) groups excluding carboxylic acids is 6. The Hall–Kier alpha value is -5.84. The first-order chi connectivity index (χ1) is 29.6. The molecule has 16 nitrogen and oxygen atoms in total. The fraction of sp³-hybridized carbons (Fsp3) is 0.489. The maximum atomic E-state index is 14.7. The third-order valence-corrected chi connectivity index (χ3v) is 12.6. The average molecular weight is 873 g/mol. The SMILES string of the molecule is CCC(C)[C@@H]1NC(=O)CSC[C@@H](C(=O)O)NC(=O)[C@H](CC(C)C)NC(=O)[C@@H](Cc2c[nH]c3ccccc23)NC(=O)[C@H](Cc2c[nH]c3ccccc23)NC(=O)[C@H](C(C)CC)NC1=O. The molecule has 0 aliphatic carbocycles. The Kier molecular flexibility index (Phi) is 16.6. The number of aliphatic carboxylic acids is 1. The Morgan fingerprint density at radius 1 is 0.629 bits per heavy atom. The second kappa shape index (κ2) is 21.8. The molecule has 0 radical (unpaired) electrons. The predicted octanol–water partition coefficient (Wildman–Crippen LogP) is 3.31. The average Bonchev–Trinajstić information content (AvgIpc) is 3.85. The number of carbonyl (C=O) groups is 7. The van der Waals surface area contributed by atoms with Crippen LogP contribution in [0.1, 0.15) is 71.9 Å². The van der Waals surface area contributed by atoms with Gasteiger partial charge in [-0.25, -0.2) is 4.79 Å². The number of para-hydroxylation sites is 2. The van der Waals surface area contributed by atoms with E-state index in [1.807, 2.05) is 76.2 Å². The number of hydrogen-bond acceptors (Lipinski definition) is 8. The van der Waals surface area contributed by atoms with E-state index in [2.05, 4.69) is 41.9 Å². The van der Waals surface area contributed by atoms with Crippen LogP contribution in [0.3, 0.4) is 0 Å². The van der Waals surface area contributed by atoms with Gasteiger partial charge < -0.3 is 47.0 Å². The Bertz CT molecular complexity index is 2240. The standard InChI is InChI=1S/C45H60N8O8S/c1-7-25(5)38-44(59)53-39(26(6)8-2)43(58)50-35(19-28-21-47-32-16-12-10-14-30(28)32)42(57)49-34(18-27-20-46-31-15-11-9-13-29(27)31)41(56)48-33(17-24(3)4)40(55)51-36(45(60)61)22-62-23-37(54)52-38/h9-16,20-21,24-26,33-36,38-39,46-47H,7-8,17-19,22-23H2,1-6H3,(H,48,56)(H,49,57)(H,50,58)(H,51,55)(H,52,54)(H,53,59)(H,60,61)/t25?,26?,33-,34+,35-,36-,38-,39-/m0/s1. The molecule has 17 heteroatoms. The number of H-pyrrole nitrogens is 2. The van der Waals surface area contributed by atoms with Crippen molar-refractivity contribution in [1.29, 1.82) is 0 Å². The number of aromatic nitrogens is 2. The minimum Gasteiger partial charge on any atom is -0.480 e. The number of fused-ring (bicyclic) bond motifs is 2. The van der Waals surface area contributed by atoms with Crippen molar-refractivity contribution in [2.45, 2.75) is 110 Å². The van der Waals surface area contributed by atoms with Crippen molar-refractivity contribution in [1.82, 2.24) is 41.9 Å². The quantitative estimate of drug-likeness (QED) is 0.107. The highest BCUT2D eigenvalue weighted by atomic mass is 32.2. The lowest BCUT2D eigenvalue weighted by atomic mass is 9.94. The van der Waals surface area contributed by atoms with Crippen LogP contribution in [0.2, 0.25) is 0 Å².